The standard InChI is InChI=1S/C21H14ClNO7S/c22-18-7-3-1-5-16(18)19(24)13-30-21(25)17-6-2-4-8-20(17)31(28,29)15-11-9-14(10-12-15)23(26)27/h1-12H,13H2. The molecule has 0 saturated heterocycles. The smallest absolute Gasteiger partial charge is 0.339 e. The molecule has 0 bridgehead atoms. The number of nitro benzene ring substituents is 1. The predicted molar refractivity (Wildman–Crippen MR) is 111 cm³/mol. The number of carbonyl (C=O) groups excluding carboxylic acids is 2. The molecule has 0 saturated carbocycles. The lowest BCUT2D eigenvalue weighted by molar-refractivity contribution is -0.384. The van der Waals surface area contributed by atoms with Gasteiger partial charge >= 0.3 is 5.97 Å². The zero-order valence-corrected chi connectivity index (χ0v) is 17.3. The Morgan fingerprint density at radius 2 is 1.48 bits per heavy atom. The first-order valence-electron chi connectivity index (χ1n) is 8.75. The SMILES string of the molecule is O=C(COC(=O)c1ccccc1S(=O)(=O)c1ccc([N+](=O)[O-])cc1)c1ccccc1Cl. The van der Waals surface area contributed by atoms with Crippen molar-refractivity contribution in [1.29, 1.82) is 0 Å². The van der Waals surface area contributed by atoms with Crippen molar-refractivity contribution >= 4 is 38.9 Å². The van der Waals surface area contributed by atoms with Crippen molar-refractivity contribution in [2.75, 3.05) is 6.61 Å². The molecule has 3 rings (SSSR count). The van der Waals surface area contributed by atoms with Gasteiger partial charge in [0.2, 0.25) is 15.6 Å². The summed E-state index contributed by atoms with van der Waals surface area (Å²) < 4.78 is 31.0. The molecule has 0 amide bonds. The molecule has 0 spiro atoms. The highest BCUT2D eigenvalue weighted by Gasteiger charge is 2.26. The van der Waals surface area contributed by atoms with E-state index in [-0.39, 0.29) is 31.6 Å². The fraction of sp³-hybridized carbons (Fsp3) is 0.0476. The number of nitrogens with zero attached hydrogens (tertiary/aromatic N) is 1. The lowest BCUT2D eigenvalue weighted by atomic mass is 10.1. The molecule has 10 heteroatoms. The lowest BCUT2D eigenvalue weighted by Crippen LogP contribution is -2.17. The first-order valence-corrected chi connectivity index (χ1v) is 10.6. The van der Waals surface area contributed by atoms with Crippen LogP contribution in [0.5, 0.6) is 0 Å². The van der Waals surface area contributed by atoms with Crippen LogP contribution in [0.4, 0.5) is 5.69 Å². The minimum absolute atomic E-state index is 0.170. The van der Waals surface area contributed by atoms with Gasteiger partial charge in [-0.05, 0) is 36.4 Å². The third kappa shape index (κ3) is 4.79. The van der Waals surface area contributed by atoms with Crippen LogP contribution in [0.15, 0.2) is 82.6 Å². The molecular formula is C21H14ClNO7S. The van der Waals surface area contributed by atoms with Gasteiger partial charge < -0.3 is 4.74 Å². The number of Topliss-reactive ketones (excluding diaryl/α,β-unsaturated/α-hetero) is 1. The molecule has 0 atom stereocenters. The van der Waals surface area contributed by atoms with Crippen LogP contribution >= 0.6 is 11.6 Å². The van der Waals surface area contributed by atoms with Crippen molar-refractivity contribution in [3.8, 4) is 0 Å². The van der Waals surface area contributed by atoms with Gasteiger partial charge in [-0.1, -0.05) is 35.9 Å². The van der Waals surface area contributed by atoms with Gasteiger partial charge in [0.1, 0.15) is 0 Å². The molecule has 0 unspecified atom stereocenters. The van der Waals surface area contributed by atoms with Crippen molar-refractivity contribution in [3.63, 3.8) is 0 Å². The van der Waals surface area contributed by atoms with Crippen LogP contribution in [0.25, 0.3) is 0 Å². The van der Waals surface area contributed by atoms with Crippen LogP contribution in [-0.2, 0) is 14.6 Å². The van der Waals surface area contributed by atoms with E-state index in [9.17, 15) is 28.1 Å². The van der Waals surface area contributed by atoms with E-state index in [2.05, 4.69) is 0 Å². The van der Waals surface area contributed by atoms with Crippen LogP contribution in [0.3, 0.4) is 0 Å². The molecule has 3 aromatic rings. The summed E-state index contributed by atoms with van der Waals surface area (Å²) in [7, 11) is -4.18. The third-order valence-corrected chi connectivity index (χ3v) is 6.42. The largest absolute Gasteiger partial charge is 0.454 e. The van der Waals surface area contributed by atoms with Gasteiger partial charge in [0.25, 0.3) is 5.69 Å². The van der Waals surface area contributed by atoms with Gasteiger partial charge in [0.05, 0.1) is 25.3 Å². The maximum atomic E-state index is 13.0. The average molecular weight is 460 g/mol. The van der Waals surface area contributed by atoms with Crippen molar-refractivity contribution in [2.24, 2.45) is 0 Å². The van der Waals surface area contributed by atoms with E-state index in [1.54, 1.807) is 12.1 Å². The van der Waals surface area contributed by atoms with Gasteiger partial charge in [0.15, 0.2) is 6.61 Å². The van der Waals surface area contributed by atoms with Gasteiger partial charge in [-0.3, -0.25) is 14.9 Å². The first kappa shape index (κ1) is 22.1. The molecule has 0 fully saturated rings. The molecule has 0 aliphatic heterocycles. The summed E-state index contributed by atoms with van der Waals surface area (Å²) in [6.45, 7) is -0.630. The Labute approximate surface area is 182 Å². The molecule has 0 N–H and O–H groups in total. The Morgan fingerprint density at radius 1 is 0.903 bits per heavy atom. The molecule has 0 aromatic heterocycles. The maximum Gasteiger partial charge on any atom is 0.339 e. The summed E-state index contributed by atoms with van der Waals surface area (Å²) in [6, 6.07) is 15.8. The molecule has 0 radical (unpaired) electrons. The van der Waals surface area contributed by atoms with Crippen LogP contribution in [0, 0.1) is 10.1 Å². The van der Waals surface area contributed by atoms with Gasteiger partial charge in [-0.25, -0.2) is 13.2 Å². The zero-order chi connectivity index (χ0) is 22.6. The lowest BCUT2D eigenvalue weighted by Gasteiger charge is -2.11. The first-order chi connectivity index (χ1) is 14.7. The zero-order valence-electron chi connectivity index (χ0n) is 15.7. The predicted octanol–water partition coefficient (Wildman–Crippen LogP) is 4.12. The van der Waals surface area contributed by atoms with E-state index in [1.807, 2.05) is 0 Å². The number of hydrogen-bond donors (Lipinski definition) is 0. The van der Waals surface area contributed by atoms with Crippen molar-refractivity contribution in [2.45, 2.75) is 9.79 Å². The summed E-state index contributed by atoms with van der Waals surface area (Å²) in [5.74, 6) is -1.56. The second-order valence-electron chi connectivity index (χ2n) is 6.23. The number of esters is 1. The number of halogens is 1. The second kappa shape index (κ2) is 9.07. The number of sulfone groups is 1. The maximum absolute atomic E-state index is 13.0. The molecule has 31 heavy (non-hydrogen) atoms. The van der Waals surface area contributed by atoms with Gasteiger partial charge in [-0.15, -0.1) is 0 Å². The monoisotopic (exact) mass is 459 g/mol. The Hall–Kier alpha value is -3.56. The second-order valence-corrected chi connectivity index (χ2v) is 8.56. The number of benzene rings is 3. The van der Waals surface area contributed by atoms with Crippen LogP contribution in [0.2, 0.25) is 5.02 Å². The summed E-state index contributed by atoms with van der Waals surface area (Å²) in [5.41, 5.74) is -0.374. The molecular weight excluding hydrogens is 446 g/mol. The van der Waals surface area contributed by atoms with Crippen molar-refractivity contribution < 1.29 is 27.7 Å². The summed E-state index contributed by atoms with van der Waals surface area (Å²) >= 11 is 5.95. The summed E-state index contributed by atoms with van der Waals surface area (Å²) in [4.78, 5) is 34.4. The highest BCUT2D eigenvalue weighted by molar-refractivity contribution is 7.91. The van der Waals surface area contributed by atoms with E-state index in [0.29, 0.717) is 0 Å². The third-order valence-electron chi connectivity index (χ3n) is 4.26. The minimum Gasteiger partial charge on any atom is -0.454 e. The number of rotatable bonds is 7. The number of ketones is 1. The fourth-order valence-electron chi connectivity index (χ4n) is 2.72. The van der Waals surface area contributed by atoms with Gasteiger partial charge in [-0.2, -0.15) is 0 Å². The molecule has 0 aliphatic rings. The van der Waals surface area contributed by atoms with E-state index >= 15 is 0 Å². The average Bonchev–Trinajstić information content (AvgIpc) is 2.77. The fourth-order valence-corrected chi connectivity index (χ4v) is 4.41. The quantitative estimate of drug-likeness (QED) is 0.225. The van der Waals surface area contributed by atoms with Crippen LogP contribution in [-0.4, -0.2) is 31.7 Å². The highest BCUT2D eigenvalue weighted by Crippen LogP contribution is 2.26. The van der Waals surface area contributed by atoms with E-state index in [0.717, 1.165) is 24.3 Å². The number of carbonyl (C=O) groups is 2. The van der Waals surface area contributed by atoms with Crippen LogP contribution in [0.1, 0.15) is 20.7 Å². The van der Waals surface area contributed by atoms with Crippen molar-refractivity contribution in [3.05, 3.63) is 99.1 Å². The number of hydrogen-bond acceptors (Lipinski definition) is 7. The highest BCUT2D eigenvalue weighted by atomic mass is 35.5. The van der Waals surface area contributed by atoms with E-state index < -0.39 is 33.1 Å². The number of non-ortho nitro benzene ring substituents is 1. The van der Waals surface area contributed by atoms with E-state index in [4.69, 9.17) is 16.3 Å². The molecule has 8 nitrogen and oxygen atoms in total. The van der Waals surface area contributed by atoms with Crippen molar-refractivity contribution in [1.82, 2.24) is 0 Å². The Kier molecular flexibility index (Phi) is 6.47. The Balaban J connectivity index is 1.85. The number of nitro groups is 1. The minimum atomic E-state index is -4.18. The van der Waals surface area contributed by atoms with Crippen LogP contribution < -0.4 is 0 Å². The van der Waals surface area contributed by atoms with Gasteiger partial charge in [0, 0.05) is 17.7 Å². The molecule has 0 aliphatic carbocycles. The number of ether oxygens (including phenoxy) is 1. The summed E-state index contributed by atoms with van der Waals surface area (Å²) in [6.07, 6.45) is 0. The Bertz CT molecular complexity index is 1270. The topological polar surface area (TPSA) is 121 Å². The molecule has 3 aromatic carbocycles. The summed E-state index contributed by atoms with van der Waals surface area (Å²) in [5, 5.41) is 11.0. The molecule has 0 heterocycles. The van der Waals surface area contributed by atoms with E-state index in [1.165, 1.54) is 36.4 Å². The normalized spacial score (nSPS) is 11.0. The Morgan fingerprint density at radius 3 is 2.10 bits per heavy atom. The molecule has 158 valence electrons.